The average Bonchev–Trinajstić information content (AvgIpc) is 3.15. The van der Waals surface area contributed by atoms with E-state index in [0.717, 1.165) is 48.5 Å². The third-order valence-electron chi connectivity index (χ3n) is 8.73. The van der Waals surface area contributed by atoms with E-state index in [9.17, 15) is 0 Å². The van der Waals surface area contributed by atoms with Crippen molar-refractivity contribution >= 4 is 33.6 Å². The van der Waals surface area contributed by atoms with Crippen LogP contribution in [-0.4, -0.2) is 16.7 Å². The number of ether oxygens (including phenoxy) is 1. The second-order valence-electron chi connectivity index (χ2n) is 10.0. The van der Waals surface area contributed by atoms with E-state index in [1.165, 1.54) is 43.8 Å². The SMILES string of the molecule is CC12CCC3c4ccc(PI)cc4CCC3C1CCC2CCOc1ccc(CO)cn1. The van der Waals surface area contributed by atoms with E-state index in [0.29, 0.717) is 11.3 Å². The van der Waals surface area contributed by atoms with Crippen LogP contribution in [0.15, 0.2) is 36.5 Å². The lowest BCUT2D eigenvalue weighted by Crippen LogP contribution is -2.42. The van der Waals surface area contributed by atoms with E-state index in [1.807, 2.05) is 12.1 Å². The highest BCUT2D eigenvalue weighted by molar-refractivity contribution is 14.2. The summed E-state index contributed by atoms with van der Waals surface area (Å²) >= 11 is 2.51. The summed E-state index contributed by atoms with van der Waals surface area (Å²) in [5.74, 6) is 3.98. The van der Waals surface area contributed by atoms with Gasteiger partial charge in [-0.1, -0.05) is 47.2 Å². The van der Waals surface area contributed by atoms with Gasteiger partial charge in [-0.05, 0) is 108 Å². The zero-order valence-electron chi connectivity index (χ0n) is 18.3. The molecule has 1 aromatic carbocycles. The highest BCUT2D eigenvalue weighted by Gasteiger charge is 2.54. The Hall–Kier alpha value is -0.710. The van der Waals surface area contributed by atoms with Crippen LogP contribution in [0.25, 0.3) is 0 Å². The van der Waals surface area contributed by atoms with Gasteiger partial charge in [0.1, 0.15) is 0 Å². The fourth-order valence-corrected chi connectivity index (χ4v) is 8.50. The maximum Gasteiger partial charge on any atom is 0.213 e. The van der Waals surface area contributed by atoms with Gasteiger partial charge in [0.15, 0.2) is 0 Å². The Bertz CT molecular complexity index is 920. The van der Waals surface area contributed by atoms with Crippen molar-refractivity contribution in [1.29, 1.82) is 0 Å². The predicted molar refractivity (Wildman–Crippen MR) is 137 cm³/mol. The Kier molecular flexibility index (Phi) is 6.61. The number of rotatable bonds is 6. The molecule has 6 atom stereocenters. The lowest BCUT2D eigenvalue weighted by Gasteiger charge is -2.51. The zero-order chi connectivity index (χ0) is 21.4. The van der Waals surface area contributed by atoms with Crippen LogP contribution < -0.4 is 10.0 Å². The molecule has 2 fully saturated rings. The summed E-state index contributed by atoms with van der Waals surface area (Å²) in [7, 11) is 0. The monoisotopic (exact) mass is 549 g/mol. The summed E-state index contributed by atoms with van der Waals surface area (Å²) in [5.41, 5.74) is 4.63. The minimum absolute atomic E-state index is 0.0293. The Labute approximate surface area is 201 Å². The summed E-state index contributed by atoms with van der Waals surface area (Å²) < 4.78 is 5.97. The lowest BCUT2D eigenvalue weighted by molar-refractivity contribution is 0.0219. The molecular formula is C26H33INO2P. The number of hydrogen-bond donors (Lipinski definition) is 1. The van der Waals surface area contributed by atoms with Crippen LogP contribution in [0.4, 0.5) is 0 Å². The molecule has 0 aliphatic heterocycles. The molecule has 5 heteroatoms. The molecule has 2 saturated carbocycles. The third-order valence-corrected chi connectivity index (χ3v) is 11.1. The van der Waals surface area contributed by atoms with Gasteiger partial charge in [-0.3, -0.25) is 0 Å². The van der Waals surface area contributed by atoms with Gasteiger partial charge in [0.05, 0.1) is 13.2 Å². The van der Waals surface area contributed by atoms with Crippen LogP contribution in [0, 0.1) is 23.2 Å². The molecule has 3 aliphatic carbocycles. The molecule has 1 N–H and O–H groups in total. The molecular weight excluding hydrogens is 516 g/mol. The topological polar surface area (TPSA) is 42.4 Å². The summed E-state index contributed by atoms with van der Waals surface area (Å²) in [5, 5.41) is 10.7. The molecule has 0 radical (unpaired) electrons. The van der Waals surface area contributed by atoms with Crippen molar-refractivity contribution in [2.45, 2.75) is 64.4 Å². The van der Waals surface area contributed by atoms with Gasteiger partial charge in [0, 0.05) is 12.3 Å². The molecule has 3 nitrogen and oxygen atoms in total. The van der Waals surface area contributed by atoms with Crippen molar-refractivity contribution in [3.05, 3.63) is 53.2 Å². The van der Waals surface area contributed by atoms with Crippen LogP contribution in [-0.2, 0) is 13.0 Å². The van der Waals surface area contributed by atoms with Crippen molar-refractivity contribution in [2.24, 2.45) is 23.2 Å². The molecule has 166 valence electrons. The molecule has 2 aromatic rings. The van der Waals surface area contributed by atoms with Crippen LogP contribution >= 0.6 is 28.3 Å². The Morgan fingerprint density at radius 3 is 2.87 bits per heavy atom. The second kappa shape index (κ2) is 9.27. The number of pyridine rings is 1. The highest BCUT2D eigenvalue weighted by atomic mass is 127. The number of aromatic nitrogens is 1. The van der Waals surface area contributed by atoms with Gasteiger partial charge in [-0.2, -0.15) is 0 Å². The molecule has 3 aliphatic rings. The van der Waals surface area contributed by atoms with Crippen LogP contribution in [0.1, 0.15) is 68.1 Å². The van der Waals surface area contributed by atoms with Gasteiger partial charge in [-0.25, -0.2) is 4.98 Å². The van der Waals surface area contributed by atoms with E-state index >= 15 is 0 Å². The summed E-state index contributed by atoms with van der Waals surface area (Å²) in [6, 6.07) is 11.1. The molecule has 31 heavy (non-hydrogen) atoms. The number of nitrogens with zero attached hydrogens (tertiary/aromatic N) is 1. The number of aliphatic hydroxyl groups is 1. The fraction of sp³-hybridized carbons (Fsp3) is 0.577. The van der Waals surface area contributed by atoms with E-state index in [1.54, 1.807) is 17.3 Å². The summed E-state index contributed by atoms with van der Waals surface area (Å²) in [4.78, 5) is 4.32. The first-order chi connectivity index (χ1) is 15.1. The van der Waals surface area contributed by atoms with Crippen molar-refractivity contribution in [2.75, 3.05) is 6.61 Å². The van der Waals surface area contributed by atoms with Gasteiger partial charge in [0.2, 0.25) is 5.88 Å². The first-order valence-corrected chi connectivity index (χ1v) is 15.9. The number of fused-ring (bicyclic) bond motifs is 5. The van der Waals surface area contributed by atoms with E-state index in [2.05, 4.69) is 52.1 Å². The zero-order valence-corrected chi connectivity index (χ0v) is 21.5. The highest BCUT2D eigenvalue weighted by Crippen LogP contribution is 2.63. The van der Waals surface area contributed by atoms with E-state index in [4.69, 9.17) is 9.84 Å². The van der Waals surface area contributed by atoms with Crippen molar-refractivity contribution < 1.29 is 9.84 Å². The van der Waals surface area contributed by atoms with E-state index in [-0.39, 0.29) is 6.61 Å². The van der Waals surface area contributed by atoms with E-state index < -0.39 is 0 Å². The molecule has 6 unspecified atom stereocenters. The van der Waals surface area contributed by atoms with Crippen LogP contribution in [0.3, 0.4) is 0 Å². The number of halogens is 1. The normalized spacial score (nSPS) is 32.0. The fourth-order valence-electron chi connectivity index (χ4n) is 7.12. The van der Waals surface area contributed by atoms with Gasteiger partial charge in [0.25, 0.3) is 0 Å². The average molecular weight is 549 g/mol. The van der Waals surface area contributed by atoms with Crippen molar-refractivity contribution in [3.63, 3.8) is 0 Å². The number of benzene rings is 1. The molecule has 0 saturated heterocycles. The minimum Gasteiger partial charge on any atom is -0.478 e. The summed E-state index contributed by atoms with van der Waals surface area (Å²) in [6.45, 7) is 3.37. The molecule has 0 bridgehead atoms. The first-order valence-electron chi connectivity index (χ1n) is 11.8. The number of aryl methyl sites for hydroxylation is 1. The van der Waals surface area contributed by atoms with Gasteiger partial charge < -0.3 is 9.84 Å². The predicted octanol–water partition coefficient (Wildman–Crippen LogP) is 6.17. The van der Waals surface area contributed by atoms with Gasteiger partial charge in [-0.15, -0.1) is 0 Å². The Morgan fingerprint density at radius 2 is 2.10 bits per heavy atom. The Morgan fingerprint density at radius 1 is 1.19 bits per heavy atom. The molecule has 1 heterocycles. The maximum absolute atomic E-state index is 9.17. The standard InChI is InChI=1S/C26H33INO2P/c1-26-12-10-22-21-7-5-20(31-27)14-18(21)3-6-23(22)24(26)8-4-19(26)11-13-30-25-9-2-17(16-29)15-28-25/h2,5,7,9,14-15,19,22-24,29,31H,3-4,6,8,10-13,16H2,1H3. The van der Waals surface area contributed by atoms with Crippen molar-refractivity contribution in [1.82, 2.24) is 4.98 Å². The molecule has 1 aromatic heterocycles. The van der Waals surface area contributed by atoms with Gasteiger partial charge >= 0.3 is 0 Å². The second-order valence-corrected chi connectivity index (χ2v) is 12.4. The summed E-state index contributed by atoms with van der Waals surface area (Å²) in [6.07, 6.45) is 11.8. The largest absolute Gasteiger partial charge is 0.478 e. The lowest BCUT2D eigenvalue weighted by atomic mass is 9.54. The number of hydrogen-bond acceptors (Lipinski definition) is 3. The van der Waals surface area contributed by atoms with Crippen LogP contribution in [0.2, 0.25) is 0 Å². The van der Waals surface area contributed by atoms with Crippen LogP contribution in [0.5, 0.6) is 5.88 Å². The van der Waals surface area contributed by atoms with Crippen molar-refractivity contribution in [3.8, 4) is 5.88 Å². The maximum atomic E-state index is 9.17. The first kappa shape index (κ1) is 22.1. The Balaban J connectivity index is 1.24. The third kappa shape index (κ3) is 4.17. The number of aliphatic hydroxyl groups excluding tert-OH is 1. The molecule has 0 spiro atoms. The molecule has 5 rings (SSSR count). The molecule has 0 amide bonds. The quantitative estimate of drug-likeness (QED) is 0.346. The smallest absolute Gasteiger partial charge is 0.213 e. The minimum atomic E-state index is 0.0293.